The second-order valence-corrected chi connectivity index (χ2v) is 9.12. The zero-order valence-electron chi connectivity index (χ0n) is 17.2. The lowest BCUT2D eigenvalue weighted by Crippen LogP contribution is -2.49. The number of carbonyl (C=O) groups is 1. The molecule has 2 aromatic heterocycles. The van der Waals surface area contributed by atoms with Gasteiger partial charge in [-0.05, 0) is 56.5 Å². The van der Waals surface area contributed by atoms with Gasteiger partial charge in [-0.2, -0.15) is 0 Å². The molecule has 152 valence electrons. The number of anilines is 2. The van der Waals surface area contributed by atoms with Crippen molar-refractivity contribution in [1.82, 2.24) is 9.88 Å². The minimum absolute atomic E-state index is 0.00247. The van der Waals surface area contributed by atoms with Crippen molar-refractivity contribution in [2.75, 3.05) is 36.8 Å². The second-order valence-electron chi connectivity index (χ2n) is 7.68. The molecule has 1 saturated heterocycles. The van der Waals surface area contributed by atoms with Crippen molar-refractivity contribution in [2.24, 2.45) is 0 Å². The van der Waals surface area contributed by atoms with Crippen LogP contribution in [0.5, 0.6) is 0 Å². The number of halogens is 1. The van der Waals surface area contributed by atoms with E-state index in [1.165, 1.54) is 16.9 Å². The molecule has 0 aliphatic carbocycles. The van der Waals surface area contributed by atoms with Gasteiger partial charge in [0, 0.05) is 48.0 Å². The maximum Gasteiger partial charge on any atom is 0.266 e. The van der Waals surface area contributed by atoms with Gasteiger partial charge in [-0.1, -0.05) is 17.7 Å². The molecule has 29 heavy (non-hydrogen) atoms. The molecule has 0 radical (unpaired) electrons. The van der Waals surface area contributed by atoms with Crippen molar-refractivity contribution >= 4 is 50.4 Å². The number of aromatic nitrogens is 1. The largest absolute Gasteiger partial charge is 0.397 e. The number of carbonyl (C=O) groups excluding carboxylic acids is 1. The molecule has 4 rings (SSSR count). The van der Waals surface area contributed by atoms with Crippen LogP contribution in [0.3, 0.4) is 0 Å². The normalized spacial score (nSPS) is 14.7. The summed E-state index contributed by atoms with van der Waals surface area (Å²) in [7, 11) is 0. The number of nitrogen functional groups attached to an aromatic ring is 1. The highest BCUT2D eigenvalue weighted by atomic mass is 35.5. The van der Waals surface area contributed by atoms with Crippen LogP contribution < -0.4 is 10.6 Å². The number of nitrogens with zero attached hydrogens (tertiary/aromatic N) is 3. The molecule has 1 aliphatic heterocycles. The first-order valence-electron chi connectivity index (χ1n) is 9.74. The first-order chi connectivity index (χ1) is 13.8. The number of hydrogen-bond donors (Lipinski definition) is 1. The van der Waals surface area contributed by atoms with E-state index in [0.717, 1.165) is 50.8 Å². The molecule has 2 N–H and O–H groups in total. The van der Waals surface area contributed by atoms with Gasteiger partial charge in [0.1, 0.15) is 9.71 Å². The number of hydrogen-bond acceptors (Lipinski definition) is 5. The van der Waals surface area contributed by atoms with Gasteiger partial charge in [-0.3, -0.25) is 4.79 Å². The SMILES string of the molecule is Cc1ccc(Cl)cc1N1CCN(C(=O)c2sc3nc(C)c(C)c(C)c3c2N)CC1. The Morgan fingerprint density at radius 3 is 2.48 bits per heavy atom. The third-order valence-electron chi connectivity index (χ3n) is 5.95. The monoisotopic (exact) mass is 428 g/mol. The topological polar surface area (TPSA) is 62.5 Å². The number of thiophene rings is 1. The Morgan fingerprint density at radius 1 is 1.10 bits per heavy atom. The predicted molar refractivity (Wildman–Crippen MR) is 123 cm³/mol. The number of piperazine rings is 1. The maximum atomic E-state index is 13.2. The smallest absolute Gasteiger partial charge is 0.266 e. The van der Waals surface area contributed by atoms with E-state index in [9.17, 15) is 4.79 Å². The van der Waals surface area contributed by atoms with Crippen molar-refractivity contribution in [3.63, 3.8) is 0 Å². The number of amides is 1. The highest BCUT2D eigenvalue weighted by molar-refractivity contribution is 7.21. The number of pyridine rings is 1. The number of rotatable bonds is 2. The van der Waals surface area contributed by atoms with Crippen molar-refractivity contribution in [1.29, 1.82) is 0 Å². The number of aryl methyl sites for hydroxylation is 3. The average molecular weight is 429 g/mol. The Balaban J connectivity index is 1.57. The number of nitrogens with two attached hydrogens (primary N) is 1. The molecule has 7 heteroatoms. The highest BCUT2D eigenvalue weighted by Crippen LogP contribution is 2.37. The molecule has 3 heterocycles. The molecule has 0 atom stereocenters. The summed E-state index contributed by atoms with van der Waals surface area (Å²) in [6, 6.07) is 5.94. The van der Waals surface area contributed by atoms with E-state index in [2.05, 4.69) is 23.7 Å². The van der Waals surface area contributed by atoms with E-state index >= 15 is 0 Å². The Bertz CT molecular complexity index is 1120. The van der Waals surface area contributed by atoms with E-state index in [1.54, 1.807) is 0 Å². The second kappa shape index (κ2) is 7.50. The van der Waals surface area contributed by atoms with Gasteiger partial charge in [0.15, 0.2) is 0 Å². The van der Waals surface area contributed by atoms with Crippen molar-refractivity contribution in [3.05, 3.63) is 50.5 Å². The van der Waals surface area contributed by atoms with Gasteiger partial charge in [-0.15, -0.1) is 11.3 Å². The number of fused-ring (bicyclic) bond motifs is 1. The summed E-state index contributed by atoms with van der Waals surface area (Å²) in [6.07, 6.45) is 0. The lowest BCUT2D eigenvalue weighted by molar-refractivity contribution is 0.0752. The molecule has 1 aliphatic rings. The molecular formula is C22H25ClN4OS. The van der Waals surface area contributed by atoms with E-state index in [4.69, 9.17) is 17.3 Å². The summed E-state index contributed by atoms with van der Waals surface area (Å²) in [5, 5.41) is 1.66. The van der Waals surface area contributed by atoms with Gasteiger partial charge in [0.2, 0.25) is 0 Å². The van der Waals surface area contributed by atoms with E-state index in [0.29, 0.717) is 23.7 Å². The summed E-state index contributed by atoms with van der Waals surface area (Å²) in [6.45, 7) is 11.0. The molecule has 0 saturated carbocycles. The van der Waals surface area contributed by atoms with Crippen LogP contribution in [0.25, 0.3) is 10.2 Å². The fourth-order valence-electron chi connectivity index (χ4n) is 3.94. The van der Waals surface area contributed by atoms with Gasteiger partial charge < -0.3 is 15.5 Å². The zero-order chi connectivity index (χ0) is 20.9. The van der Waals surface area contributed by atoms with Crippen molar-refractivity contribution in [2.45, 2.75) is 27.7 Å². The van der Waals surface area contributed by atoms with Crippen LogP contribution >= 0.6 is 22.9 Å². The van der Waals surface area contributed by atoms with Crippen LogP contribution in [0.15, 0.2) is 18.2 Å². The van der Waals surface area contributed by atoms with Gasteiger partial charge in [0.25, 0.3) is 5.91 Å². The minimum Gasteiger partial charge on any atom is -0.397 e. The van der Waals surface area contributed by atoms with Gasteiger partial charge in [-0.25, -0.2) is 4.98 Å². The van der Waals surface area contributed by atoms with Crippen LogP contribution in [0.2, 0.25) is 5.02 Å². The molecule has 0 unspecified atom stereocenters. The Morgan fingerprint density at radius 2 is 1.79 bits per heavy atom. The zero-order valence-corrected chi connectivity index (χ0v) is 18.7. The molecule has 0 bridgehead atoms. The van der Waals surface area contributed by atoms with Crippen molar-refractivity contribution < 1.29 is 4.79 Å². The standard InChI is InChI=1S/C22H25ClN4OS/c1-12-5-6-16(23)11-17(12)26-7-9-27(10-8-26)22(28)20-19(24)18-14(3)13(2)15(4)25-21(18)29-20/h5-6,11H,7-10,24H2,1-4H3. The summed E-state index contributed by atoms with van der Waals surface area (Å²) in [5.74, 6) is 0.00247. The Kier molecular flexibility index (Phi) is 5.17. The summed E-state index contributed by atoms with van der Waals surface area (Å²) in [4.78, 5) is 23.5. The third kappa shape index (κ3) is 3.45. The predicted octanol–water partition coefficient (Wildman–Crippen LogP) is 4.73. The van der Waals surface area contributed by atoms with Crippen LogP contribution in [-0.4, -0.2) is 42.0 Å². The lowest BCUT2D eigenvalue weighted by atomic mass is 10.1. The maximum absolute atomic E-state index is 13.2. The van der Waals surface area contributed by atoms with E-state index in [-0.39, 0.29) is 5.91 Å². The fraction of sp³-hybridized carbons (Fsp3) is 0.364. The average Bonchev–Trinajstić information content (AvgIpc) is 3.03. The highest BCUT2D eigenvalue weighted by Gasteiger charge is 2.27. The molecule has 1 aromatic carbocycles. The molecular weight excluding hydrogens is 404 g/mol. The minimum atomic E-state index is 0.00247. The van der Waals surface area contributed by atoms with Crippen LogP contribution in [0, 0.1) is 27.7 Å². The third-order valence-corrected chi connectivity index (χ3v) is 7.27. The molecule has 3 aromatic rings. The van der Waals surface area contributed by atoms with Gasteiger partial charge >= 0.3 is 0 Å². The Hall–Kier alpha value is -2.31. The molecule has 5 nitrogen and oxygen atoms in total. The lowest BCUT2D eigenvalue weighted by Gasteiger charge is -2.36. The summed E-state index contributed by atoms with van der Waals surface area (Å²) >= 11 is 7.58. The van der Waals surface area contributed by atoms with Gasteiger partial charge in [0.05, 0.1) is 5.69 Å². The van der Waals surface area contributed by atoms with Crippen LogP contribution in [-0.2, 0) is 0 Å². The quantitative estimate of drug-likeness (QED) is 0.641. The molecule has 0 spiro atoms. The van der Waals surface area contributed by atoms with Crippen LogP contribution in [0.4, 0.5) is 11.4 Å². The van der Waals surface area contributed by atoms with Crippen molar-refractivity contribution in [3.8, 4) is 0 Å². The first kappa shape index (κ1) is 20.0. The molecule has 1 amide bonds. The molecule has 1 fully saturated rings. The van der Waals surface area contributed by atoms with Crippen LogP contribution in [0.1, 0.15) is 32.1 Å². The fourth-order valence-corrected chi connectivity index (χ4v) is 5.28. The Labute approximate surface area is 180 Å². The van der Waals surface area contributed by atoms with E-state index < -0.39 is 0 Å². The summed E-state index contributed by atoms with van der Waals surface area (Å²) in [5.41, 5.74) is 12.5. The summed E-state index contributed by atoms with van der Waals surface area (Å²) < 4.78 is 0. The van der Waals surface area contributed by atoms with E-state index in [1.807, 2.05) is 36.9 Å². The number of benzene rings is 1. The first-order valence-corrected chi connectivity index (χ1v) is 10.9.